The van der Waals surface area contributed by atoms with E-state index < -0.39 is 5.91 Å². The number of rotatable bonds is 6. The number of pyridine rings is 1. The number of benzene rings is 2. The Kier molecular flexibility index (Phi) is 5.23. The van der Waals surface area contributed by atoms with Crippen molar-refractivity contribution in [1.29, 1.82) is 0 Å². The summed E-state index contributed by atoms with van der Waals surface area (Å²) in [7, 11) is 0. The molecule has 4 aromatic rings. The number of carbonyl (C=O) groups is 1. The number of thiazole rings is 1. The van der Waals surface area contributed by atoms with Crippen molar-refractivity contribution in [3.63, 3.8) is 0 Å². The summed E-state index contributed by atoms with van der Waals surface area (Å²) in [5.41, 5.74) is 7.60. The molecular weight excluding hydrogens is 440 g/mol. The zero-order chi connectivity index (χ0) is 19.5. The lowest BCUT2D eigenvalue weighted by molar-refractivity contribution is -0.117. The summed E-state index contributed by atoms with van der Waals surface area (Å²) in [6, 6.07) is 17.1. The van der Waals surface area contributed by atoms with Gasteiger partial charge in [0.25, 0.3) is 0 Å². The molecule has 2 aromatic carbocycles. The van der Waals surface area contributed by atoms with Gasteiger partial charge in [0.05, 0.1) is 22.3 Å². The van der Waals surface area contributed by atoms with Gasteiger partial charge in [-0.05, 0) is 42.5 Å². The van der Waals surface area contributed by atoms with Crippen LogP contribution in [0.3, 0.4) is 0 Å². The van der Waals surface area contributed by atoms with Crippen molar-refractivity contribution in [2.45, 2.75) is 6.42 Å². The predicted octanol–water partition coefficient (Wildman–Crippen LogP) is 5.02. The van der Waals surface area contributed by atoms with Crippen LogP contribution < -0.4 is 15.8 Å². The molecule has 0 atom stereocenters. The summed E-state index contributed by atoms with van der Waals surface area (Å²) in [5.74, 6) is 0.817. The van der Waals surface area contributed by atoms with Gasteiger partial charge in [-0.1, -0.05) is 27.3 Å². The molecule has 6 nitrogen and oxygen atoms in total. The molecule has 2 heterocycles. The summed E-state index contributed by atoms with van der Waals surface area (Å²) in [6.07, 6.45) is 1.67. The van der Waals surface area contributed by atoms with Crippen LogP contribution in [0.4, 0.5) is 10.8 Å². The highest BCUT2D eigenvalue weighted by Gasteiger charge is 2.08. The average molecular weight is 455 g/mol. The maximum absolute atomic E-state index is 11.1. The van der Waals surface area contributed by atoms with Crippen LogP contribution in [0.5, 0.6) is 11.5 Å². The van der Waals surface area contributed by atoms with Gasteiger partial charge >= 0.3 is 0 Å². The minimum absolute atomic E-state index is 0.0768. The number of primary amides is 1. The molecule has 28 heavy (non-hydrogen) atoms. The van der Waals surface area contributed by atoms with Crippen LogP contribution in [-0.2, 0) is 11.2 Å². The van der Waals surface area contributed by atoms with Crippen LogP contribution in [0.25, 0.3) is 10.2 Å². The monoisotopic (exact) mass is 454 g/mol. The maximum Gasteiger partial charge on any atom is 0.223 e. The molecule has 0 spiro atoms. The third-order valence-corrected chi connectivity index (χ3v) is 5.31. The standard InChI is InChI=1S/C20H15BrN4O2S/c21-12-1-3-13(4-2-12)24-20-25-17-11-15(5-6-18(17)28-20)27-16-7-8-23-14(9-16)10-19(22)26/h1-9,11H,10H2,(H2,22,26)(H,24,25). The Morgan fingerprint density at radius 2 is 1.89 bits per heavy atom. The number of aromatic nitrogens is 2. The number of hydrogen-bond acceptors (Lipinski definition) is 6. The molecule has 0 bridgehead atoms. The number of halogens is 1. The van der Waals surface area contributed by atoms with E-state index in [9.17, 15) is 4.79 Å². The third-order valence-electron chi connectivity index (χ3n) is 3.83. The van der Waals surface area contributed by atoms with Gasteiger partial charge in [-0.3, -0.25) is 9.78 Å². The highest BCUT2D eigenvalue weighted by molar-refractivity contribution is 9.10. The van der Waals surface area contributed by atoms with Gasteiger partial charge in [0.1, 0.15) is 11.5 Å². The molecule has 140 valence electrons. The fourth-order valence-corrected chi connectivity index (χ4v) is 3.74. The van der Waals surface area contributed by atoms with E-state index in [1.54, 1.807) is 29.7 Å². The number of ether oxygens (including phenoxy) is 1. The first-order valence-electron chi connectivity index (χ1n) is 8.39. The van der Waals surface area contributed by atoms with Crippen molar-refractivity contribution < 1.29 is 9.53 Å². The van der Waals surface area contributed by atoms with Crippen molar-refractivity contribution in [2.75, 3.05) is 5.32 Å². The van der Waals surface area contributed by atoms with E-state index in [1.807, 2.05) is 42.5 Å². The van der Waals surface area contributed by atoms with Crippen LogP contribution in [0.1, 0.15) is 5.69 Å². The summed E-state index contributed by atoms with van der Waals surface area (Å²) < 4.78 is 7.98. The molecule has 0 aliphatic rings. The van der Waals surface area contributed by atoms with Gasteiger partial charge < -0.3 is 15.8 Å². The van der Waals surface area contributed by atoms with E-state index >= 15 is 0 Å². The topological polar surface area (TPSA) is 90.1 Å². The normalized spacial score (nSPS) is 10.8. The Labute approximate surface area is 173 Å². The first kappa shape index (κ1) is 18.4. The highest BCUT2D eigenvalue weighted by atomic mass is 79.9. The molecule has 2 aromatic heterocycles. The lowest BCUT2D eigenvalue weighted by Gasteiger charge is -2.06. The zero-order valence-electron chi connectivity index (χ0n) is 14.6. The van der Waals surface area contributed by atoms with Crippen LogP contribution in [0.15, 0.2) is 65.3 Å². The fraction of sp³-hybridized carbons (Fsp3) is 0.0500. The predicted molar refractivity (Wildman–Crippen MR) is 114 cm³/mol. The second-order valence-corrected chi connectivity index (χ2v) is 7.95. The van der Waals surface area contributed by atoms with Crippen molar-refractivity contribution in [3.8, 4) is 11.5 Å². The Morgan fingerprint density at radius 1 is 1.11 bits per heavy atom. The van der Waals surface area contributed by atoms with Gasteiger partial charge in [-0.2, -0.15) is 0 Å². The van der Waals surface area contributed by atoms with E-state index in [2.05, 4.69) is 31.2 Å². The Bertz CT molecular complexity index is 1140. The van der Waals surface area contributed by atoms with Crippen molar-refractivity contribution in [3.05, 3.63) is 71.0 Å². The molecule has 8 heteroatoms. The van der Waals surface area contributed by atoms with Crippen LogP contribution in [0, 0.1) is 0 Å². The number of fused-ring (bicyclic) bond motifs is 1. The van der Waals surface area contributed by atoms with Gasteiger partial charge in [-0.15, -0.1) is 0 Å². The molecular formula is C20H15BrN4O2S. The molecule has 4 rings (SSSR count). The maximum atomic E-state index is 11.1. The largest absolute Gasteiger partial charge is 0.457 e. The number of amides is 1. The van der Waals surface area contributed by atoms with Crippen molar-refractivity contribution in [1.82, 2.24) is 9.97 Å². The average Bonchev–Trinajstić information content (AvgIpc) is 3.05. The highest BCUT2D eigenvalue weighted by Crippen LogP contribution is 2.32. The minimum Gasteiger partial charge on any atom is -0.457 e. The third kappa shape index (κ3) is 4.47. The molecule has 0 saturated carbocycles. The van der Waals surface area contributed by atoms with Gasteiger partial charge in [0.2, 0.25) is 5.91 Å². The molecule has 0 saturated heterocycles. The second-order valence-electron chi connectivity index (χ2n) is 6.01. The minimum atomic E-state index is -0.431. The summed E-state index contributed by atoms with van der Waals surface area (Å²) in [6.45, 7) is 0. The fourth-order valence-electron chi connectivity index (χ4n) is 2.61. The van der Waals surface area contributed by atoms with Crippen molar-refractivity contribution >= 4 is 54.2 Å². The lowest BCUT2D eigenvalue weighted by atomic mass is 10.2. The Morgan fingerprint density at radius 3 is 2.68 bits per heavy atom. The summed E-state index contributed by atoms with van der Waals surface area (Å²) in [4.78, 5) is 19.8. The molecule has 0 fully saturated rings. The number of nitrogens with one attached hydrogen (secondary N) is 1. The summed E-state index contributed by atoms with van der Waals surface area (Å²) >= 11 is 5.00. The molecule has 0 unspecified atom stereocenters. The Balaban J connectivity index is 1.53. The Hall–Kier alpha value is -2.97. The van der Waals surface area contributed by atoms with Crippen molar-refractivity contribution in [2.24, 2.45) is 5.73 Å². The number of anilines is 2. The van der Waals surface area contributed by atoms with Gasteiger partial charge in [-0.25, -0.2) is 4.98 Å². The van der Waals surface area contributed by atoms with E-state index in [0.717, 1.165) is 25.5 Å². The molecule has 0 aliphatic heterocycles. The van der Waals surface area contributed by atoms with E-state index in [1.165, 1.54) is 0 Å². The quantitative estimate of drug-likeness (QED) is 0.426. The van der Waals surface area contributed by atoms with Crippen LogP contribution in [0.2, 0.25) is 0 Å². The van der Waals surface area contributed by atoms with E-state index in [4.69, 9.17) is 10.5 Å². The smallest absolute Gasteiger partial charge is 0.223 e. The molecule has 1 amide bonds. The van der Waals surface area contributed by atoms with Crippen LogP contribution >= 0.6 is 27.3 Å². The van der Waals surface area contributed by atoms with E-state index in [0.29, 0.717) is 17.2 Å². The van der Waals surface area contributed by atoms with Crippen LogP contribution in [-0.4, -0.2) is 15.9 Å². The molecule has 3 N–H and O–H groups in total. The second kappa shape index (κ2) is 7.95. The number of hydrogen-bond donors (Lipinski definition) is 2. The number of carbonyl (C=O) groups excluding carboxylic acids is 1. The van der Waals surface area contributed by atoms with Gasteiger partial charge in [0, 0.05) is 28.5 Å². The first-order chi connectivity index (χ1) is 13.5. The molecule has 0 aliphatic carbocycles. The van der Waals surface area contributed by atoms with Gasteiger partial charge in [0.15, 0.2) is 5.13 Å². The van der Waals surface area contributed by atoms with E-state index in [-0.39, 0.29) is 6.42 Å². The number of nitrogens with zero attached hydrogens (tertiary/aromatic N) is 2. The first-order valence-corrected chi connectivity index (χ1v) is 10.0. The lowest BCUT2D eigenvalue weighted by Crippen LogP contribution is -2.14. The molecule has 0 radical (unpaired) electrons. The summed E-state index contributed by atoms with van der Waals surface area (Å²) in [5, 5.41) is 4.12. The zero-order valence-corrected chi connectivity index (χ0v) is 17.0. The number of nitrogens with two attached hydrogens (primary N) is 1. The SMILES string of the molecule is NC(=O)Cc1cc(Oc2ccc3sc(Nc4ccc(Br)cc4)nc3c2)ccn1.